The largest absolute Gasteiger partial charge is 0.504 e. The van der Waals surface area contributed by atoms with Gasteiger partial charge in [0.1, 0.15) is 11.6 Å². The zero-order valence-electron chi connectivity index (χ0n) is 17.7. The highest BCUT2D eigenvalue weighted by Gasteiger charge is 2.32. The highest BCUT2D eigenvalue weighted by atomic mass is 31.1. The van der Waals surface area contributed by atoms with E-state index in [0.29, 0.717) is 20.1 Å². The third-order valence-corrected chi connectivity index (χ3v) is 7.74. The number of aromatic hydroxyl groups is 1. The van der Waals surface area contributed by atoms with Gasteiger partial charge in [-0.3, -0.25) is 0 Å². The summed E-state index contributed by atoms with van der Waals surface area (Å²) < 4.78 is 24.9. The van der Waals surface area contributed by atoms with E-state index in [0.717, 1.165) is 48.9 Å². The minimum atomic E-state index is -0.339. The molecule has 6 heteroatoms. The van der Waals surface area contributed by atoms with Gasteiger partial charge >= 0.3 is 0 Å². The lowest BCUT2D eigenvalue weighted by molar-refractivity contribution is 0.357. The van der Waals surface area contributed by atoms with Crippen molar-refractivity contribution in [2.45, 2.75) is 44.7 Å². The second kappa shape index (κ2) is 9.21. The zero-order chi connectivity index (χ0) is 21.0. The fourth-order valence-electron chi connectivity index (χ4n) is 3.93. The van der Waals surface area contributed by atoms with Crippen molar-refractivity contribution >= 4 is 19.6 Å². The molecule has 1 N–H and O–H groups in total. The summed E-state index contributed by atoms with van der Waals surface area (Å²) in [5, 5.41) is 11.7. The maximum absolute atomic E-state index is 14.1. The van der Waals surface area contributed by atoms with Gasteiger partial charge in [-0.15, -0.1) is 0 Å². The Bertz CT molecular complexity index is 854. The Morgan fingerprint density at radius 3 is 2.45 bits per heavy atom. The number of hydrogen-bond acceptors (Lipinski definition) is 4. The molecule has 2 aromatic rings. The van der Waals surface area contributed by atoms with Gasteiger partial charge in [-0.1, -0.05) is 22.4 Å². The quantitative estimate of drug-likeness (QED) is 0.629. The lowest BCUT2D eigenvalue weighted by atomic mass is 9.95. The summed E-state index contributed by atoms with van der Waals surface area (Å²) in [5.41, 5.74) is 1.78. The number of ether oxygens (including phenoxy) is 2. The first-order valence-corrected chi connectivity index (χ1v) is 11.2. The molecule has 0 amide bonds. The molecular formula is C23H31FNO3P. The number of halogens is 1. The molecule has 29 heavy (non-hydrogen) atoms. The van der Waals surface area contributed by atoms with Crippen LogP contribution < -0.4 is 19.7 Å². The molecule has 0 bridgehead atoms. The van der Waals surface area contributed by atoms with Gasteiger partial charge in [0.05, 0.1) is 14.2 Å². The fraction of sp³-hybridized carbons (Fsp3) is 0.478. The Balaban J connectivity index is 2.04. The van der Waals surface area contributed by atoms with E-state index in [1.54, 1.807) is 19.2 Å². The topological polar surface area (TPSA) is 41.9 Å². The van der Waals surface area contributed by atoms with Crippen molar-refractivity contribution < 1.29 is 19.0 Å². The maximum atomic E-state index is 14.1. The standard InChI is InChI=1S/C23H31FNO3P/c1-5-23(2,18-14-17(27-3)15-20(28-4)22(18)26)29-21-10-9-16(24)13-19(21)25-11-7-6-8-12-25/h9-10,13-15,26,29H,5-8,11-12H2,1-4H3. The Hall–Kier alpha value is -2.00. The monoisotopic (exact) mass is 419 g/mol. The molecule has 1 aliphatic heterocycles. The van der Waals surface area contributed by atoms with Crippen molar-refractivity contribution in [3.63, 3.8) is 0 Å². The molecule has 158 valence electrons. The summed E-state index contributed by atoms with van der Waals surface area (Å²) in [6.45, 7) is 6.18. The molecule has 1 aliphatic rings. The molecule has 1 heterocycles. The number of nitrogens with zero attached hydrogens (tertiary/aromatic N) is 1. The van der Waals surface area contributed by atoms with Gasteiger partial charge in [-0.25, -0.2) is 4.39 Å². The van der Waals surface area contributed by atoms with Crippen LogP contribution >= 0.6 is 8.58 Å². The minimum absolute atomic E-state index is 0.145. The van der Waals surface area contributed by atoms with Crippen molar-refractivity contribution in [2.75, 3.05) is 32.2 Å². The maximum Gasteiger partial charge on any atom is 0.164 e. The van der Waals surface area contributed by atoms with Crippen molar-refractivity contribution in [3.05, 3.63) is 41.7 Å². The van der Waals surface area contributed by atoms with Crippen LogP contribution in [0, 0.1) is 5.82 Å². The lowest BCUT2D eigenvalue weighted by Crippen LogP contribution is -2.33. The predicted molar refractivity (Wildman–Crippen MR) is 119 cm³/mol. The van der Waals surface area contributed by atoms with Crippen LogP contribution in [0.25, 0.3) is 0 Å². The van der Waals surface area contributed by atoms with Gasteiger partial charge in [0.2, 0.25) is 0 Å². The summed E-state index contributed by atoms with van der Waals surface area (Å²) in [4.78, 5) is 2.30. The third kappa shape index (κ3) is 4.61. The summed E-state index contributed by atoms with van der Waals surface area (Å²) in [7, 11) is 3.50. The second-order valence-corrected chi connectivity index (χ2v) is 9.64. The normalized spacial score (nSPS) is 16.8. The first-order chi connectivity index (χ1) is 13.9. The predicted octanol–water partition coefficient (Wildman–Crippen LogP) is 5.17. The molecule has 0 radical (unpaired) electrons. The van der Waals surface area contributed by atoms with E-state index in [1.165, 1.54) is 19.6 Å². The van der Waals surface area contributed by atoms with Crippen LogP contribution in [-0.4, -0.2) is 32.4 Å². The molecule has 0 aromatic heterocycles. The molecular weight excluding hydrogens is 388 g/mol. The van der Waals surface area contributed by atoms with Crippen molar-refractivity contribution in [2.24, 2.45) is 0 Å². The SMILES string of the molecule is CCC(C)(Pc1ccc(F)cc1N1CCCCC1)c1cc(OC)cc(OC)c1O. The molecule has 1 saturated heterocycles. The molecule has 0 saturated carbocycles. The third-order valence-electron chi connectivity index (χ3n) is 5.87. The van der Waals surface area contributed by atoms with E-state index in [4.69, 9.17) is 9.47 Å². The van der Waals surface area contributed by atoms with Crippen LogP contribution in [0.4, 0.5) is 10.1 Å². The number of anilines is 1. The molecule has 4 nitrogen and oxygen atoms in total. The zero-order valence-corrected chi connectivity index (χ0v) is 18.7. The van der Waals surface area contributed by atoms with Crippen LogP contribution in [0.1, 0.15) is 45.1 Å². The number of phenols is 1. The molecule has 0 aliphatic carbocycles. The average molecular weight is 419 g/mol. The van der Waals surface area contributed by atoms with Crippen molar-refractivity contribution in [1.29, 1.82) is 0 Å². The van der Waals surface area contributed by atoms with E-state index in [2.05, 4.69) is 18.7 Å². The first kappa shape index (κ1) is 21.7. The molecule has 2 aromatic carbocycles. The number of rotatable bonds is 7. The van der Waals surface area contributed by atoms with E-state index in [-0.39, 0.29) is 16.7 Å². The summed E-state index contributed by atoms with van der Waals surface area (Å²) in [6, 6.07) is 8.68. The fourth-order valence-corrected chi connectivity index (χ4v) is 5.55. The number of piperidine rings is 1. The summed E-state index contributed by atoms with van der Waals surface area (Å²) in [6.07, 6.45) is 4.32. The van der Waals surface area contributed by atoms with Gasteiger partial charge in [-0.2, -0.15) is 0 Å². The lowest BCUT2D eigenvalue weighted by Gasteiger charge is -2.35. The molecule has 2 atom stereocenters. The Morgan fingerprint density at radius 1 is 1.10 bits per heavy atom. The highest BCUT2D eigenvalue weighted by molar-refractivity contribution is 7.49. The van der Waals surface area contributed by atoms with Crippen LogP contribution in [0.3, 0.4) is 0 Å². The molecule has 0 spiro atoms. The van der Waals surface area contributed by atoms with E-state index in [9.17, 15) is 9.50 Å². The number of methoxy groups -OCH3 is 2. The van der Waals surface area contributed by atoms with Crippen LogP contribution in [0.2, 0.25) is 0 Å². The number of hydrogen-bond donors (Lipinski definition) is 1. The molecule has 1 fully saturated rings. The van der Waals surface area contributed by atoms with E-state index in [1.807, 2.05) is 12.1 Å². The molecule has 2 unspecified atom stereocenters. The van der Waals surface area contributed by atoms with E-state index >= 15 is 0 Å². The number of benzene rings is 2. The second-order valence-electron chi connectivity index (χ2n) is 7.75. The van der Waals surface area contributed by atoms with Gasteiger partial charge in [0, 0.05) is 35.6 Å². The molecule has 3 rings (SSSR count). The van der Waals surface area contributed by atoms with Crippen LogP contribution in [-0.2, 0) is 5.16 Å². The smallest absolute Gasteiger partial charge is 0.164 e. The van der Waals surface area contributed by atoms with Crippen LogP contribution in [0.15, 0.2) is 30.3 Å². The van der Waals surface area contributed by atoms with Crippen molar-refractivity contribution in [1.82, 2.24) is 0 Å². The Kier molecular flexibility index (Phi) is 6.89. The highest BCUT2D eigenvalue weighted by Crippen LogP contribution is 2.51. The van der Waals surface area contributed by atoms with E-state index < -0.39 is 0 Å². The Labute approximate surface area is 174 Å². The first-order valence-electron chi connectivity index (χ1n) is 10.2. The summed E-state index contributed by atoms with van der Waals surface area (Å²) >= 11 is 0. The Morgan fingerprint density at radius 2 is 1.83 bits per heavy atom. The van der Waals surface area contributed by atoms with Crippen molar-refractivity contribution in [3.8, 4) is 17.2 Å². The van der Waals surface area contributed by atoms with Gasteiger partial charge < -0.3 is 19.5 Å². The van der Waals surface area contributed by atoms with Crippen LogP contribution in [0.5, 0.6) is 17.2 Å². The number of phenolic OH excluding ortho intramolecular Hbond substituents is 1. The average Bonchev–Trinajstić information content (AvgIpc) is 2.75. The van der Waals surface area contributed by atoms with Gasteiger partial charge in [-0.05, 0) is 55.3 Å². The van der Waals surface area contributed by atoms with Gasteiger partial charge in [0.15, 0.2) is 11.5 Å². The summed E-state index contributed by atoms with van der Waals surface area (Å²) in [5.74, 6) is 0.990. The van der Waals surface area contributed by atoms with Gasteiger partial charge in [0.25, 0.3) is 0 Å². The minimum Gasteiger partial charge on any atom is -0.504 e.